The SMILES string of the molecule is O=C(/C=C/c1cnc[nH]1)OCCCCCCCCCCCCOC(=O)/C=C/c1cnc[nH]1. The fourth-order valence-corrected chi connectivity index (χ4v) is 3.09. The molecule has 0 bridgehead atoms. The van der Waals surface area contributed by atoms with Gasteiger partial charge in [-0.25, -0.2) is 19.6 Å². The van der Waals surface area contributed by atoms with Crippen LogP contribution in [0, 0.1) is 0 Å². The predicted octanol–water partition coefficient (Wildman–Crippen LogP) is 4.85. The monoisotopic (exact) mass is 442 g/mol. The third kappa shape index (κ3) is 12.5. The third-order valence-corrected chi connectivity index (χ3v) is 4.86. The molecule has 0 aliphatic heterocycles. The Balaban J connectivity index is 1.30. The van der Waals surface area contributed by atoms with E-state index in [2.05, 4.69) is 19.9 Å². The van der Waals surface area contributed by atoms with Gasteiger partial charge in [0.1, 0.15) is 0 Å². The molecule has 2 rings (SSSR count). The lowest BCUT2D eigenvalue weighted by Gasteiger charge is -2.04. The zero-order chi connectivity index (χ0) is 22.7. The second kappa shape index (κ2) is 16.5. The summed E-state index contributed by atoms with van der Waals surface area (Å²) in [5.74, 6) is -0.639. The number of ether oxygens (including phenoxy) is 2. The molecule has 2 N–H and O–H groups in total. The van der Waals surface area contributed by atoms with Crippen molar-refractivity contribution in [3.63, 3.8) is 0 Å². The predicted molar refractivity (Wildman–Crippen MR) is 123 cm³/mol. The van der Waals surface area contributed by atoms with E-state index in [1.165, 1.54) is 50.7 Å². The van der Waals surface area contributed by atoms with Gasteiger partial charge in [-0.3, -0.25) is 0 Å². The summed E-state index contributed by atoms with van der Waals surface area (Å²) in [7, 11) is 0. The van der Waals surface area contributed by atoms with Crippen LogP contribution in [-0.4, -0.2) is 45.1 Å². The minimum absolute atomic E-state index is 0.319. The van der Waals surface area contributed by atoms with E-state index in [0.29, 0.717) is 13.2 Å². The van der Waals surface area contributed by atoms with Gasteiger partial charge >= 0.3 is 11.9 Å². The van der Waals surface area contributed by atoms with Crippen molar-refractivity contribution in [1.29, 1.82) is 0 Å². The van der Waals surface area contributed by atoms with Crippen LogP contribution < -0.4 is 0 Å². The summed E-state index contributed by atoms with van der Waals surface area (Å²) in [5, 5.41) is 0. The molecule has 0 aliphatic carbocycles. The highest BCUT2D eigenvalue weighted by Gasteiger charge is 1.99. The van der Waals surface area contributed by atoms with Crippen molar-refractivity contribution in [2.75, 3.05) is 13.2 Å². The Morgan fingerprint density at radius 2 is 1.03 bits per heavy atom. The van der Waals surface area contributed by atoms with Crippen molar-refractivity contribution < 1.29 is 19.1 Å². The molecule has 0 saturated heterocycles. The second-order valence-electron chi connectivity index (χ2n) is 7.55. The summed E-state index contributed by atoms with van der Waals surface area (Å²) in [6, 6.07) is 0. The molecule has 0 amide bonds. The van der Waals surface area contributed by atoms with Crippen LogP contribution in [0.1, 0.15) is 75.6 Å². The number of nitrogens with zero attached hydrogens (tertiary/aromatic N) is 2. The van der Waals surface area contributed by atoms with Gasteiger partial charge in [0, 0.05) is 12.2 Å². The maximum Gasteiger partial charge on any atom is 0.330 e. The first-order chi connectivity index (χ1) is 15.7. The number of nitrogens with one attached hydrogen (secondary N) is 2. The molecular formula is C24H34N4O4. The molecule has 0 atom stereocenters. The Bertz CT molecular complexity index is 730. The van der Waals surface area contributed by atoms with Gasteiger partial charge in [0.25, 0.3) is 0 Å². The molecule has 0 aliphatic rings. The van der Waals surface area contributed by atoms with E-state index in [1.54, 1.807) is 37.2 Å². The maximum absolute atomic E-state index is 11.6. The minimum Gasteiger partial charge on any atom is -0.463 e. The molecule has 0 unspecified atom stereocenters. The molecule has 8 heteroatoms. The smallest absolute Gasteiger partial charge is 0.330 e. The Kier molecular flexibility index (Phi) is 13.0. The molecule has 0 aromatic carbocycles. The van der Waals surface area contributed by atoms with Gasteiger partial charge < -0.3 is 19.4 Å². The van der Waals surface area contributed by atoms with Crippen LogP contribution in [0.5, 0.6) is 0 Å². The average molecular weight is 443 g/mol. The van der Waals surface area contributed by atoms with Crippen molar-refractivity contribution in [3.8, 4) is 0 Å². The molecular weight excluding hydrogens is 408 g/mol. The number of hydrogen-bond acceptors (Lipinski definition) is 6. The van der Waals surface area contributed by atoms with Gasteiger partial charge in [0.2, 0.25) is 0 Å². The van der Waals surface area contributed by atoms with Crippen LogP contribution in [0.2, 0.25) is 0 Å². The Hall–Kier alpha value is -3.16. The fourth-order valence-electron chi connectivity index (χ4n) is 3.09. The highest BCUT2D eigenvalue weighted by Crippen LogP contribution is 2.11. The summed E-state index contributed by atoms with van der Waals surface area (Å²) in [5.41, 5.74) is 1.56. The van der Waals surface area contributed by atoms with Crippen LogP contribution >= 0.6 is 0 Å². The Morgan fingerprint density at radius 1 is 0.656 bits per heavy atom. The molecule has 32 heavy (non-hydrogen) atoms. The first-order valence-corrected chi connectivity index (χ1v) is 11.4. The average Bonchev–Trinajstić information content (AvgIpc) is 3.50. The highest BCUT2D eigenvalue weighted by molar-refractivity contribution is 5.87. The molecule has 2 heterocycles. The number of unbranched alkanes of at least 4 members (excludes halogenated alkanes) is 9. The third-order valence-electron chi connectivity index (χ3n) is 4.86. The van der Waals surface area contributed by atoms with Crippen LogP contribution in [0.25, 0.3) is 12.2 Å². The van der Waals surface area contributed by atoms with Gasteiger partial charge in [-0.2, -0.15) is 0 Å². The van der Waals surface area contributed by atoms with Gasteiger partial charge in [-0.05, 0) is 25.0 Å². The van der Waals surface area contributed by atoms with Crippen molar-refractivity contribution in [2.45, 2.75) is 64.2 Å². The fraction of sp³-hybridized carbons (Fsp3) is 0.500. The summed E-state index contributed by atoms with van der Waals surface area (Å²) < 4.78 is 10.4. The van der Waals surface area contributed by atoms with Crippen LogP contribution in [0.4, 0.5) is 0 Å². The van der Waals surface area contributed by atoms with Gasteiger partial charge in [0.05, 0.1) is 49.6 Å². The number of aromatic amines is 2. The van der Waals surface area contributed by atoms with Crippen LogP contribution in [-0.2, 0) is 19.1 Å². The highest BCUT2D eigenvalue weighted by atomic mass is 16.5. The number of esters is 2. The molecule has 0 radical (unpaired) electrons. The molecule has 0 saturated carbocycles. The molecule has 0 spiro atoms. The quantitative estimate of drug-likeness (QED) is 0.206. The lowest BCUT2D eigenvalue weighted by Crippen LogP contribution is -2.02. The zero-order valence-electron chi connectivity index (χ0n) is 18.6. The topological polar surface area (TPSA) is 110 Å². The standard InChI is InChI=1S/C24H34N4O4/c29-23(13-11-21-17-25-19-27-21)31-15-9-7-5-3-1-2-4-6-8-10-16-32-24(30)14-12-22-18-26-20-28-22/h11-14,17-20H,1-10,15-16H2,(H,25,27)(H,26,28)/b13-11+,14-12+. The second-order valence-corrected chi connectivity index (χ2v) is 7.55. The lowest BCUT2D eigenvalue weighted by atomic mass is 10.1. The summed E-state index contributed by atoms with van der Waals surface area (Å²) in [6.07, 6.45) is 23.8. The van der Waals surface area contributed by atoms with E-state index in [-0.39, 0.29) is 11.9 Å². The molecule has 174 valence electrons. The van der Waals surface area contributed by atoms with Crippen molar-refractivity contribution >= 4 is 24.1 Å². The summed E-state index contributed by atoms with van der Waals surface area (Å²) in [6.45, 7) is 0.936. The summed E-state index contributed by atoms with van der Waals surface area (Å²) >= 11 is 0. The van der Waals surface area contributed by atoms with E-state index >= 15 is 0 Å². The number of aromatic nitrogens is 4. The number of H-pyrrole nitrogens is 2. The lowest BCUT2D eigenvalue weighted by molar-refractivity contribution is -0.138. The van der Waals surface area contributed by atoms with Crippen molar-refractivity contribution in [2.24, 2.45) is 0 Å². The van der Waals surface area contributed by atoms with E-state index in [1.807, 2.05) is 0 Å². The van der Waals surface area contributed by atoms with Gasteiger partial charge in [-0.15, -0.1) is 0 Å². The Morgan fingerprint density at radius 3 is 1.38 bits per heavy atom. The van der Waals surface area contributed by atoms with E-state index < -0.39 is 0 Å². The number of carbonyl (C=O) groups excluding carboxylic acids is 2. The van der Waals surface area contributed by atoms with Gasteiger partial charge in [0.15, 0.2) is 0 Å². The van der Waals surface area contributed by atoms with Crippen LogP contribution in [0.15, 0.2) is 37.2 Å². The number of carbonyl (C=O) groups is 2. The first kappa shape index (κ1) is 25.1. The minimum atomic E-state index is -0.319. The largest absolute Gasteiger partial charge is 0.463 e. The molecule has 2 aromatic heterocycles. The van der Waals surface area contributed by atoms with Crippen LogP contribution in [0.3, 0.4) is 0 Å². The zero-order valence-corrected chi connectivity index (χ0v) is 18.6. The number of rotatable bonds is 17. The molecule has 2 aromatic rings. The maximum atomic E-state index is 11.6. The van der Waals surface area contributed by atoms with E-state index in [9.17, 15) is 9.59 Å². The Labute approximate surface area is 189 Å². The first-order valence-electron chi connectivity index (χ1n) is 11.4. The van der Waals surface area contributed by atoms with E-state index in [0.717, 1.165) is 37.1 Å². The molecule has 8 nitrogen and oxygen atoms in total. The van der Waals surface area contributed by atoms with Crippen molar-refractivity contribution in [3.05, 3.63) is 48.6 Å². The molecule has 0 fully saturated rings. The van der Waals surface area contributed by atoms with Gasteiger partial charge in [-0.1, -0.05) is 51.4 Å². The van der Waals surface area contributed by atoms with E-state index in [4.69, 9.17) is 9.47 Å². The van der Waals surface area contributed by atoms with Crippen molar-refractivity contribution in [1.82, 2.24) is 19.9 Å². The number of imidazole rings is 2. The number of hydrogen-bond donors (Lipinski definition) is 2. The summed E-state index contributed by atoms with van der Waals surface area (Å²) in [4.78, 5) is 36.7. The normalized spacial score (nSPS) is 11.4.